The van der Waals surface area contributed by atoms with Crippen molar-refractivity contribution in [2.75, 3.05) is 24.6 Å². The fraction of sp³-hybridized carbons (Fsp3) is 0.333. The zero-order valence-corrected chi connectivity index (χ0v) is 7.59. The minimum atomic E-state index is 0.634. The van der Waals surface area contributed by atoms with Gasteiger partial charge in [0, 0.05) is 31.0 Å². The van der Waals surface area contributed by atoms with E-state index in [0.717, 1.165) is 24.3 Å². The zero-order chi connectivity index (χ0) is 9.68. The first-order chi connectivity index (χ1) is 6.24. The third kappa shape index (κ3) is 2.93. The number of nitrogens with one attached hydrogen (secondary N) is 1. The Morgan fingerprint density at radius 3 is 2.62 bits per heavy atom. The standard InChI is InChI=1S/C9H16N4/c10-3-4-13-6-7-1-2-8(11)5-9(7)12/h1-2,5,13H,3-4,6,10-12H2. The molecule has 4 heteroatoms. The lowest BCUT2D eigenvalue weighted by atomic mass is 10.1. The van der Waals surface area contributed by atoms with Crippen LogP contribution < -0.4 is 22.5 Å². The lowest BCUT2D eigenvalue weighted by Crippen LogP contribution is -2.22. The Morgan fingerprint density at radius 1 is 1.23 bits per heavy atom. The molecule has 0 aromatic heterocycles. The van der Waals surface area contributed by atoms with Crippen LogP contribution in [0.4, 0.5) is 11.4 Å². The molecule has 1 aromatic rings. The zero-order valence-electron chi connectivity index (χ0n) is 7.59. The van der Waals surface area contributed by atoms with Gasteiger partial charge in [0.1, 0.15) is 0 Å². The van der Waals surface area contributed by atoms with Crippen LogP contribution in [-0.4, -0.2) is 13.1 Å². The molecule has 0 atom stereocenters. The van der Waals surface area contributed by atoms with Gasteiger partial charge >= 0.3 is 0 Å². The highest BCUT2D eigenvalue weighted by atomic mass is 14.9. The second kappa shape index (κ2) is 4.69. The van der Waals surface area contributed by atoms with Crippen LogP contribution in [0.2, 0.25) is 0 Å². The van der Waals surface area contributed by atoms with Gasteiger partial charge in [-0.2, -0.15) is 0 Å². The maximum absolute atomic E-state index is 5.75. The summed E-state index contributed by atoms with van der Waals surface area (Å²) in [5.41, 5.74) is 19.1. The van der Waals surface area contributed by atoms with E-state index in [-0.39, 0.29) is 0 Å². The van der Waals surface area contributed by atoms with E-state index in [2.05, 4.69) is 5.32 Å². The topological polar surface area (TPSA) is 90.1 Å². The predicted octanol–water partition coefficient (Wildman–Crippen LogP) is -0.101. The van der Waals surface area contributed by atoms with Gasteiger partial charge in [-0.25, -0.2) is 0 Å². The monoisotopic (exact) mass is 180 g/mol. The van der Waals surface area contributed by atoms with Crippen LogP contribution in [-0.2, 0) is 6.54 Å². The molecule has 1 aromatic carbocycles. The molecule has 0 bridgehead atoms. The summed E-state index contributed by atoms with van der Waals surface area (Å²) in [7, 11) is 0. The van der Waals surface area contributed by atoms with Gasteiger partial charge in [0.2, 0.25) is 0 Å². The molecule has 0 radical (unpaired) electrons. The summed E-state index contributed by atoms with van der Waals surface area (Å²) in [6.07, 6.45) is 0. The average molecular weight is 180 g/mol. The molecule has 7 N–H and O–H groups in total. The molecule has 1 rings (SSSR count). The molecule has 0 spiro atoms. The van der Waals surface area contributed by atoms with E-state index in [0.29, 0.717) is 12.2 Å². The molecule has 13 heavy (non-hydrogen) atoms. The fourth-order valence-corrected chi connectivity index (χ4v) is 1.10. The Balaban J connectivity index is 2.56. The molecule has 0 aliphatic heterocycles. The first-order valence-corrected chi connectivity index (χ1v) is 4.28. The van der Waals surface area contributed by atoms with Gasteiger partial charge in [-0.3, -0.25) is 0 Å². The molecule has 0 aliphatic rings. The molecule has 0 amide bonds. The summed E-state index contributed by atoms with van der Waals surface area (Å²) in [5, 5.41) is 3.17. The maximum atomic E-state index is 5.75. The number of anilines is 2. The first-order valence-electron chi connectivity index (χ1n) is 4.28. The van der Waals surface area contributed by atoms with Crippen molar-refractivity contribution in [3.63, 3.8) is 0 Å². The minimum absolute atomic E-state index is 0.634. The summed E-state index contributed by atoms with van der Waals surface area (Å²) in [5.74, 6) is 0. The maximum Gasteiger partial charge on any atom is 0.0380 e. The largest absolute Gasteiger partial charge is 0.399 e. The van der Waals surface area contributed by atoms with Gasteiger partial charge in [-0.15, -0.1) is 0 Å². The molecular formula is C9H16N4. The van der Waals surface area contributed by atoms with Gasteiger partial charge < -0.3 is 22.5 Å². The van der Waals surface area contributed by atoms with Crippen LogP contribution in [0.25, 0.3) is 0 Å². The van der Waals surface area contributed by atoms with Crippen molar-refractivity contribution in [2.45, 2.75) is 6.54 Å². The van der Waals surface area contributed by atoms with E-state index >= 15 is 0 Å². The van der Waals surface area contributed by atoms with Crippen LogP contribution in [0.3, 0.4) is 0 Å². The van der Waals surface area contributed by atoms with E-state index in [9.17, 15) is 0 Å². The highest BCUT2D eigenvalue weighted by Crippen LogP contribution is 2.14. The van der Waals surface area contributed by atoms with Gasteiger partial charge in [-0.1, -0.05) is 6.07 Å². The number of rotatable bonds is 4. The second-order valence-electron chi connectivity index (χ2n) is 2.92. The van der Waals surface area contributed by atoms with Crippen LogP contribution in [0, 0.1) is 0 Å². The Morgan fingerprint density at radius 2 is 2.00 bits per heavy atom. The van der Waals surface area contributed by atoms with Gasteiger partial charge in [0.15, 0.2) is 0 Å². The highest BCUT2D eigenvalue weighted by molar-refractivity contribution is 5.56. The van der Waals surface area contributed by atoms with E-state index in [1.54, 1.807) is 6.07 Å². The quantitative estimate of drug-likeness (QED) is 0.385. The molecule has 72 valence electrons. The summed E-state index contributed by atoms with van der Waals surface area (Å²) in [4.78, 5) is 0. The Kier molecular flexibility index (Phi) is 3.54. The van der Waals surface area contributed by atoms with E-state index < -0.39 is 0 Å². The van der Waals surface area contributed by atoms with Crippen molar-refractivity contribution in [3.05, 3.63) is 23.8 Å². The van der Waals surface area contributed by atoms with Crippen LogP contribution >= 0.6 is 0 Å². The summed E-state index contributed by atoms with van der Waals surface area (Å²) in [6, 6.07) is 5.53. The molecule has 0 saturated carbocycles. The van der Waals surface area contributed by atoms with Crippen LogP contribution in [0.15, 0.2) is 18.2 Å². The number of hydrogen-bond acceptors (Lipinski definition) is 4. The summed E-state index contributed by atoms with van der Waals surface area (Å²) < 4.78 is 0. The molecule has 0 saturated heterocycles. The highest BCUT2D eigenvalue weighted by Gasteiger charge is 1.97. The number of nitrogen functional groups attached to an aromatic ring is 2. The number of hydrogen-bond donors (Lipinski definition) is 4. The van der Waals surface area contributed by atoms with Gasteiger partial charge in [0.05, 0.1) is 0 Å². The second-order valence-corrected chi connectivity index (χ2v) is 2.92. The molecular weight excluding hydrogens is 164 g/mol. The van der Waals surface area contributed by atoms with Crippen molar-refractivity contribution in [2.24, 2.45) is 5.73 Å². The SMILES string of the molecule is NCCNCc1ccc(N)cc1N. The molecule has 0 unspecified atom stereocenters. The van der Waals surface area contributed by atoms with Crippen LogP contribution in [0.1, 0.15) is 5.56 Å². The number of benzene rings is 1. The molecule has 0 heterocycles. The van der Waals surface area contributed by atoms with E-state index in [1.807, 2.05) is 12.1 Å². The van der Waals surface area contributed by atoms with Crippen molar-refractivity contribution in [1.29, 1.82) is 0 Å². The lowest BCUT2D eigenvalue weighted by molar-refractivity contribution is 0.696. The Bertz CT molecular complexity index is 272. The third-order valence-electron chi connectivity index (χ3n) is 1.81. The normalized spacial score (nSPS) is 10.2. The van der Waals surface area contributed by atoms with Crippen LogP contribution in [0.5, 0.6) is 0 Å². The molecule has 0 fully saturated rings. The minimum Gasteiger partial charge on any atom is -0.399 e. The molecule has 4 nitrogen and oxygen atoms in total. The van der Waals surface area contributed by atoms with Crippen molar-refractivity contribution >= 4 is 11.4 Å². The van der Waals surface area contributed by atoms with Crippen molar-refractivity contribution in [3.8, 4) is 0 Å². The summed E-state index contributed by atoms with van der Waals surface area (Å²) >= 11 is 0. The summed E-state index contributed by atoms with van der Waals surface area (Å²) in [6.45, 7) is 2.17. The number of nitrogens with two attached hydrogens (primary N) is 3. The lowest BCUT2D eigenvalue weighted by Gasteiger charge is -2.07. The molecule has 0 aliphatic carbocycles. The smallest absolute Gasteiger partial charge is 0.0380 e. The third-order valence-corrected chi connectivity index (χ3v) is 1.81. The predicted molar refractivity (Wildman–Crippen MR) is 56.0 cm³/mol. The Labute approximate surface area is 78.1 Å². The van der Waals surface area contributed by atoms with Crippen molar-refractivity contribution < 1.29 is 0 Å². The van der Waals surface area contributed by atoms with Crippen molar-refractivity contribution in [1.82, 2.24) is 5.32 Å². The van der Waals surface area contributed by atoms with Gasteiger partial charge in [-0.05, 0) is 17.7 Å². The first kappa shape index (κ1) is 9.83. The average Bonchev–Trinajstić information content (AvgIpc) is 2.09. The van der Waals surface area contributed by atoms with Gasteiger partial charge in [0.25, 0.3) is 0 Å². The van der Waals surface area contributed by atoms with E-state index in [4.69, 9.17) is 17.2 Å². The fourth-order valence-electron chi connectivity index (χ4n) is 1.10. The Hall–Kier alpha value is -1.26. The van der Waals surface area contributed by atoms with E-state index in [1.165, 1.54) is 0 Å².